The molecule has 2 aromatic heterocycles. The zero-order valence-electron chi connectivity index (χ0n) is 9.80. The van der Waals surface area contributed by atoms with Crippen molar-refractivity contribution in [2.24, 2.45) is 5.92 Å². The van der Waals surface area contributed by atoms with Crippen LogP contribution >= 0.6 is 0 Å². The van der Waals surface area contributed by atoms with Crippen LogP contribution in [0, 0.1) is 5.92 Å². The third-order valence-corrected chi connectivity index (χ3v) is 3.35. The Morgan fingerprint density at radius 1 is 1.41 bits per heavy atom. The number of nitrogens with zero attached hydrogens (tertiary/aromatic N) is 1. The van der Waals surface area contributed by atoms with Crippen molar-refractivity contribution in [3.63, 3.8) is 0 Å². The molecule has 2 atom stereocenters. The minimum atomic E-state index is -0.0524. The Labute approximate surface area is 100 Å². The average Bonchev–Trinajstić information content (AvgIpc) is 3.02. The molecule has 3 rings (SSSR count). The van der Waals surface area contributed by atoms with E-state index in [9.17, 15) is 4.79 Å². The van der Waals surface area contributed by atoms with E-state index in [-0.39, 0.29) is 11.9 Å². The fourth-order valence-corrected chi connectivity index (χ4v) is 2.41. The molecule has 0 radical (unpaired) electrons. The first kappa shape index (κ1) is 10.4. The summed E-state index contributed by atoms with van der Waals surface area (Å²) in [5, 5.41) is 0. The first-order valence-electron chi connectivity index (χ1n) is 6.04. The number of carbonyl (C=O) groups is 1. The van der Waals surface area contributed by atoms with Crippen LogP contribution in [0.4, 0.5) is 0 Å². The summed E-state index contributed by atoms with van der Waals surface area (Å²) in [4.78, 5) is 11.6. The van der Waals surface area contributed by atoms with Crippen LogP contribution in [0.1, 0.15) is 25.0 Å². The fraction of sp³-hybridized carbons (Fsp3) is 0.357. The number of hydrogen-bond donors (Lipinski definition) is 0. The van der Waals surface area contributed by atoms with E-state index in [1.807, 2.05) is 25.3 Å². The monoisotopic (exact) mass is 229 g/mol. The number of hydrogen-bond acceptors (Lipinski definition) is 2. The highest BCUT2D eigenvalue weighted by atomic mass is 16.5. The number of aromatic nitrogens is 1. The van der Waals surface area contributed by atoms with Crippen LogP contribution < -0.4 is 0 Å². The Balaban J connectivity index is 1.85. The molecule has 1 fully saturated rings. The first-order valence-corrected chi connectivity index (χ1v) is 6.04. The second kappa shape index (κ2) is 3.91. The molecule has 0 unspecified atom stereocenters. The molecule has 0 bridgehead atoms. The predicted molar refractivity (Wildman–Crippen MR) is 64.9 cm³/mol. The Hall–Kier alpha value is -1.77. The minimum Gasteiger partial charge on any atom is -0.466 e. The Kier molecular flexibility index (Phi) is 2.39. The topological polar surface area (TPSA) is 30.7 Å². The maximum atomic E-state index is 11.6. The van der Waals surface area contributed by atoms with Crippen molar-refractivity contribution in [1.29, 1.82) is 0 Å². The van der Waals surface area contributed by atoms with Gasteiger partial charge in [-0.05, 0) is 37.6 Å². The molecule has 2 heterocycles. The standard InChI is InChI=1S/C14H15NO2/c1-2-17-14(16)12-9-11(12)13-7-6-10-5-3-4-8-15(10)13/h3-8,11-12H,2,9H2,1H3/t11-,12-/m0/s1. The second-order valence-corrected chi connectivity index (χ2v) is 4.45. The van der Waals surface area contributed by atoms with Crippen LogP contribution in [0.2, 0.25) is 0 Å². The highest BCUT2D eigenvalue weighted by Crippen LogP contribution is 2.48. The fourth-order valence-electron chi connectivity index (χ4n) is 2.41. The van der Waals surface area contributed by atoms with Crippen LogP contribution in [0.5, 0.6) is 0 Å². The van der Waals surface area contributed by atoms with Gasteiger partial charge in [-0.25, -0.2) is 0 Å². The van der Waals surface area contributed by atoms with Gasteiger partial charge in [0.15, 0.2) is 0 Å². The molecule has 3 heteroatoms. The summed E-state index contributed by atoms with van der Waals surface area (Å²) in [6.07, 6.45) is 2.96. The van der Waals surface area contributed by atoms with Crippen LogP contribution in [0.25, 0.3) is 5.52 Å². The molecule has 88 valence electrons. The van der Waals surface area contributed by atoms with Gasteiger partial charge in [-0.1, -0.05) is 6.07 Å². The Morgan fingerprint density at radius 2 is 2.29 bits per heavy atom. The molecule has 3 nitrogen and oxygen atoms in total. The van der Waals surface area contributed by atoms with Gasteiger partial charge in [0, 0.05) is 23.3 Å². The lowest BCUT2D eigenvalue weighted by Gasteiger charge is -2.02. The molecule has 17 heavy (non-hydrogen) atoms. The van der Waals surface area contributed by atoms with Crippen molar-refractivity contribution >= 4 is 11.5 Å². The zero-order chi connectivity index (χ0) is 11.8. The molecule has 0 N–H and O–H groups in total. The number of pyridine rings is 1. The number of fused-ring (bicyclic) bond motifs is 1. The van der Waals surface area contributed by atoms with E-state index in [0.29, 0.717) is 12.5 Å². The molecule has 1 aliphatic carbocycles. The van der Waals surface area contributed by atoms with Crippen molar-refractivity contribution in [3.05, 3.63) is 42.2 Å². The van der Waals surface area contributed by atoms with Gasteiger partial charge in [0.05, 0.1) is 12.5 Å². The number of rotatable bonds is 3. The van der Waals surface area contributed by atoms with E-state index < -0.39 is 0 Å². The Bertz CT molecular complexity index is 558. The normalized spacial score (nSPS) is 22.6. The van der Waals surface area contributed by atoms with Gasteiger partial charge in [0.2, 0.25) is 0 Å². The average molecular weight is 229 g/mol. The summed E-state index contributed by atoms with van der Waals surface area (Å²) in [7, 11) is 0. The van der Waals surface area contributed by atoms with Crippen molar-refractivity contribution in [2.75, 3.05) is 6.61 Å². The summed E-state index contributed by atoms with van der Waals surface area (Å²) in [6, 6.07) is 10.3. The molecule has 0 aromatic carbocycles. The number of carbonyl (C=O) groups excluding carboxylic acids is 1. The zero-order valence-corrected chi connectivity index (χ0v) is 9.80. The second-order valence-electron chi connectivity index (χ2n) is 4.45. The lowest BCUT2D eigenvalue weighted by Crippen LogP contribution is -2.07. The van der Waals surface area contributed by atoms with Gasteiger partial charge in [-0.2, -0.15) is 0 Å². The van der Waals surface area contributed by atoms with Crippen LogP contribution in [0.15, 0.2) is 36.5 Å². The smallest absolute Gasteiger partial charge is 0.309 e. The third kappa shape index (κ3) is 1.71. The van der Waals surface area contributed by atoms with E-state index >= 15 is 0 Å². The van der Waals surface area contributed by atoms with Gasteiger partial charge in [0.25, 0.3) is 0 Å². The van der Waals surface area contributed by atoms with Gasteiger partial charge >= 0.3 is 5.97 Å². The maximum Gasteiger partial charge on any atom is 0.309 e. The van der Waals surface area contributed by atoms with Crippen molar-refractivity contribution in [1.82, 2.24) is 4.40 Å². The largest absolute Gasteiger partial charge is 0.466 e. The molecule has 2 aromatic rings. The molecular weight excluding hydrogens is 214 g/mol. The van der Waals surface area contributed by atoms with Gasteiger partial charge in [-0.3, -0.25) is 4.79 Å². The molecule has 1 saturated carbocycles. The SMILES string of the molecule is CCOC(=O)[C@H]1C[C@@H]1c1ccc2ccccn12. The van der Waals surface area contributed by atoms with E-state index in [1.54, 1.807) is 0 Å². The summed E-state index contributed by atoms with van der Waals surface area (Å²) in [5.41, 5.74) is 2.40. The van der Waals surface area contributed by atoms with Crippen molar-refractivity contribution in [3.8, 4) is 0 Å². The van der Waals surface area contributed by atoms with Gasteiger partial charge in [-0.15, -0.1) is 0 Å². The van der Waals surface area contributed by atoms with Crippen LogP contribution in [-0.2, 0) is 9.53 Å². The highest BCUT2D eigenvalue weighted by Gasteiger charge is 2.46. The van der Waals surface area contributed by atoms with E-state index in [4.69, 9.17) is 4.74 Å². The quantitative estimate of drug-likeness (QED) is 0.757. The van der Waals surface area contributed by atoms with E-state index in [1.165, 1.54) is 11.2 Å². The first-order chi connectivity index (χ1) is 8.31. The molecule has 0 saturated heterocycles. The minimum absolute atomic E-state index is 0.0524. The maximum absolute atomic E-state index is 11.6. The molecule has 0 amide bonds. The lowest BCUT2D eigenvalue weighted by molar-refractivity contribution is -0.144. The lowest BCUT2D eigenvalue weighted by atomic mass is 10.2. The van der Waals surface area contributed by atoms with Crippen LogP contribution in [-0.4, -0.2) is 17.0 Å². The highest BCUT2D eigenvalue weighted by molar-refractivity contribution is 5.77. The van der Waals surface area contributed by atoms with Gasteiger partial charge < -0.3 is 9.14 Å². The third-order valence-electron chi connectivity index (χ3n) is 3.35. The van der Waals surface area contributed by atoms with E-state index in [0.717, 1.165) is 6.42 Å². The molecule has 0 spiro atoms. The van der Waals surface area contributed by atoms with Crippen molar-refractivity contribution in [2.45, 2.75) is 19.3 Å². The molecular formula is C14H15NO2. The van der Waals surface area contributed by atoms with E-state index in [2.05, 4.69) is 22.6 Å². The summed E-state index contributed by atoms with van der Waals surface area (Å²) < 4.78 is 7.21. The van der Waals surface area contributed by atoms with Crippen LogP contribution in [0.3, 0.4) is 0 Å². The summed E-state index contributed by atoms with van der Waals surface area (Å²) >= 11 is 0. The number of ether oxygens (including phenoxy) is 1. The van der Waals surface area contributed by atoms with Crippen molar-refractivity contribution < 1.29 is 9.53 Å². The summed E-state index contributed by atoms with van der Waals surface area (Å²) in [5.74, 6) is 0.343. The molecule has 1 aliphatic rings. The predicted octanol–water partition coefficient (Wildman–Crippen LogP) is 2.61. The number of esters is 1. The van der Waals surface area contributed by atoms with Gasteiger partial charge in [0.1, 0.15) is 0 Å². The Morgan fingerprint density at radius 3 is 3.12 bits per heavy atom. The molecule has 0 aliphatic heterocycles. The summed E-state index contributed by atoms with van der Waals surface area (Å²) in [6.45, 7) is 2.32.